The van der Waals surface area contributed by atoms with Crippen molar-refractivity contribution in [1.82, 2.24) is 15.2 Å². The number of hydrogen-bond donors (Lipinski definition) is 2. The third-order valence-corrected chi connectivity index (χ3v) is 6.11. The number of hydrogen-bond acceptors (Lipinski definition) is 2. The maximum Gasteiger partial charge on any atom is 0.191 e. The maximum atomic E-state index is 6.11. The Morgan fingerprint density at radius 2 is 2.22 bits per heavy atom. The highest BCUT2D eigenvalue weighted by Crippen LogP contribution is 2.52. The summed E-state index contributed by atoms with van der Waals surface area (Å²) in [5.41, 5.74) is 1.13. The van der Waals surface area contributed by atoms with Gasteiger partial charge in [-0.2, -0.15) is 0 Å². The van der Waals surface area contributed by atoms with Crippen LogP contribution >= 0.6 is 23.2 Å². The summed E-state index contributed by atoms with van der Waals surface area (Å²) in [5.74, 6) is 1.37. The smallest absolute Gasteiger partial charge is 0.191 e. The number of aromatic nitrogens is 1. The molecule has 2 fully saturated rings. The van der Waals surface area contributed by atoms with Crippen LogP contribution < -0.4 is 10.6 Å². The molecular weight excluding hydrogens is 335 g/mol. The first-order valence-electron chi connectivity index (χ1n) is 7.94. The van der Waals surface area contributed by atoms with Gasteiger partial charge in [0.1, 0.15) is 5.15 Å². The Labute approximate surface area is 147 Å². The Bertz CT molecular complexity index is 626. The monoisotopic (exact) mass is 358 g/mol. The van der Waals surface area contributed by atoms with E-state index >= 15 is 0 Å². The van der Waals surface area contributed by atoms with Gasteiger partial charge in [-0.15, -0.1) is 0 Å². The Kier molecular flexibility index (Phi) is 4.55. The lowest BCUT2D eigenvalue weighted by Crippen LogP contribution is -2.67. The number of rotatable bonds is 3. The summed E-state index contributed by atoms with van der Waals surface area (Å²) in [5, 5.41) is 8.03. The van der Waals surface area contributed by atoms with E-state index in [4.69, 9.17) is 27.9 Å². The molecule has 5 nitrogen and oxygen atoms in total. The first-order chi connectivity index (χ1) is 10.9. The van der Waals surface area contributed by atoms with Crippen LogP contribution in [0.5, 0.6) is 0 Å². The summed E-state index contributed by atoms with van der Waals surface area (Å²) in [6.45, 7) is 5.98. The molecule has 0 spiro atoms. The Morgan fingerprint density at radius 1 is 1.48 bits per heavy atom. The zero-order valence-corrected chi connectivity index (χ0v) is 15.5. The van der Waals surface area contributed by atoms with Crippen molar-refractivity contribution < 1.29 is 4.74 Å². The van der Waals surface area contributed by atoms with E-state index in [1.54, 1.807) is 7.05 Å². The van der Waals surface area contributed by atoms with Gasteiger partial charge in [-0.25, -0.2) is 0 Å². The number of fused-ring (bicyclic) bond motifs is 1. The Balaban J connectivity index is 1.62. The molecule has 0 radical (unpaired) electrons. The molecule has 128 valence electrons. The van der Waals surface area contributed by atoms with Gasteiger partial charge in [0, 0.05) is 43.8 Å². The summed E-state index contributed by atoms with van der Waals surface area (Å²) >= 11 is 12.2. The van der Waals surface area contributed by atoms with Crippen molar-refractivity contribution in [2.75, 3.05) is 13.7 Å². The molecule has 7 heteroatoms. The predicted molar refractivity (Wildman–Crippen MR) is 94.2 cm³/mol. The van der Waals surface area contributed by atoms with E-state index in [0.29, 0.717) is 34.8 Å². The summed E-state index contributed by atoms with van der Waals surface area (Å²) in [6.07, 6.45) is 1.48. The largest absolute Gasteiger partial charge is 0.377 e. The van der Waals surface area contributed by atoms with Crippen molar-refractivity contribution in [2.45, 2.75) is 39.0 Å². The van der Waals surface area contributed by atoms with Crippen molar-refractivity contribution in [3.63, 3.8) is 0 Å². The van der Waals surface area contributed by atoms with E-state index in [9.17, 15) is 0 Å². The van der Waals surface area contributed by atoms with E-state index in [0.717, 1.165) is 24.7 Å². The molecule has 1 saturated carbocycles. The number of nitrogens with zero attached hydrogens (tertiary/aromatic N) is 2. The van der Waals surface area contributed by atoms with Crippen LogP contribution in [-0.4, -0.2) is 36.3 Å². The average molecular weight is 359 g/mol. The molecule has 3 rings (SSSR count). The third-order valence-electron chi connectivity index (χ3n) is 5.27. The predicted octanol–water partition coefficient (Wildman–Crippen LogP) is 2.81. The highest BCUT2D eigenvalue weighted by Gasteiger charge is 2.59. The number of nitrogens with one attached hydrogen (secondary N) is 2. The van der Waals surface area contributed by atoms with Crippen molar-refractivity contribution in [3.8, 4) is 0 Å². The second-order valence-corrected chi connectivity index (χ2v) is 7.71. The van der Waals surface area contributed by atoms with E-state index in [1.807, 2.05) is 17.7 Å². The molecular formula is C16H24Cl2N4O. The molecule has 0 aromatic carbocycles. The van der Waals surface area contributed by atoms with Crippen molar-refractivity contribution in [1.29, 1.82) is 0 Å². The van der Waals surface area contributed by atoms with Crippen LogP contribution in [0.25, 0.3) is 0 Å². The first-order valence-corrected chi connectivity index (χ1v) is 8.70. The molecule has 2 N–H and O–H groups in total. The van der Waals surface area contributed by atoms with Gasteiger partial charge >= 0.3 is 0 Å². The molecule has 0 bridgehead atoms. The van der Waals surface area contributed by atoms with Gasteiger partial charge in [0.15, 0.2) is 5.96 Å². The maximum absolute atomic E-state index is 6.11. The van der Waals surface area contributed by atoms with Crippen LogP contribution in [0.2, 0.25) is 10.2 Å². The summed E-state index contributed by atoms with van der Waals surface area (Å²) in [4.78, 5) is 4.34. The molecule has 1 saturated heterocycles. The standard InChI is InChI=1S/C16H24Cl2N4O/c1-16(2)12(10-5-6-23-13(10)16)21-15(19-3)20-8-9-7-11(17)14(18)22(9)4/h7,10,12-13H,5-6,8H2,1-4H3,(H2,19,20,21). The normalized spacial score (nSPS) is 29.1. The minimum absolute atomic E-state index is 0.121. The van der Waals surface area contributed by atoms with Crippen LogP contribution in [-0.2, 0) is 18.3 Å². The van der Waals surface area contributed by atoms with Crippen molar-refractivity contribution in [3.05, 3.63) is 21.9 Å². The van der Waals surface area contributed by atoms with E-state index in [1.165, 1.54) is 0 Å². The molecule has 1 aliphatic carbocycles. The zero-order chi connectivity index (χ0) is 16.8. The molecule has 2 aliphatic rings. The highest BCUT2D eigenvalue weighted by atomic mass is 35.5. The van der Waals surface area contributed by atoms with Gasteiger partial charge in [0.2, 0.25) is 0 Å². The summed E-state index contributed by atoms with van der Waals surface area (Å²) in [7, 11) is 3.69. The van der Waals surface area contributed by atoms with Crippen LogP contribution in [0.4, 0.5) is 0 Å². The quantitative estimate of drug-likeness (QED) is 0.645. The van der Waals surface area contributed by atoms with Crippen LogP contribution in [0.1, 0.15) is 26.0 Å². The second kappa shape index (κ2) is 6.19. The molecule has 1 aliphatic heterocycles. The molecule has 3 unspecified atom stereocenters. The number of halogens is 2. The fourth-order valence-electron chi connectivity index (χ4n) is 3.89. The van der Waals surface area contributed by atoms with Crippen LogP contribution in [0.3, 0.4) is 0 Å². The highest BCUT2D eigenvalue weighted by molar-refractivity contribution is 6.41. The fraction of sp³-hybridized carbons (Fsp3) is 0.688. The van der Waals surface area contributed by atoms with Crippen LogP contribution in [0.15, 0.2) is 11.1 Å². The Morgan fingerprint density at radius 3 is 2.83 bits per heavy atom. The molecule has 1 aromatic rings. The molecule has 1 aromatic heterocycles. The lowest BCUT2D eigenvalue weighted by Gasteiger charge is -2.54. The Hall–Kier alpha value is -0.910. The average Bonchev–Trinajstić information content (AvgIpc) is 3.07. The molecule has 2 heterocycles. The van der Waals surface area contributed by atoms with Gasteiger partial charge in [-0.1, -0.05) is 37.0 Å². The van der Waals surface area contributed by atoms with E-state index in [2.05, 4.69) is 29.5 Å². The summed E-state index contributed by atoms with van der Waals surface area (Å²) in [6, 6.07) is 2.25. The lowest BCUT2D eigenvalue weighted by molar-refractivity contribution is -0.106. The first kappa shape index (κ1) is 16.9. The second-order valence-electron chi connectivity index (χ2n) is 6.95. The molecule has 3 atom stereocenters. The lowest BCUT2D eigenvalue weighted by atomic mass is 9.57. The minimum Gasteiger partial charge on any atom is -0.377 e. The zero-order valence-electron chi connectivity index (χ0n) is 14.0. The number of guanidine groups is 1. The summed E-state index contributed by atoms with van der Waals surface area (Å²) < 4.78 is 7.71. The van der Waals surface area contributed by atoms with Crippen molar-refractivity contribution >= 4 is 29.2 Å². The van der Waals surface area contributed by atoms with Gasteiger partial charge in [-0.05, 0) is 12.5 Å². The topological polar surface area (TPSA) is 50.6 Å². The van der Waals surface area contributed by atoms with E-state index < -0.39 is 0 Å². The molecule has 23 heavy (non-hydrogen) atoms. The van der Waals surface area contributed by atoms with E-state index in [-0.39, 0.29) is 5.41 Å². The van der Waals surface area contributed by atoms with Gasteiger partial charge in [0.25, 0.3) is 0 Å². The van der Waals surface area contributed by atoms with Gasteiger partial charge in [0.05, 0.1) is 17.7 Å². The number of ether oxygens (including phenoxy) is 1. The molecule has 0 amide bonds. The third kappa shape index (κ3) is 2.83. The fourth-order valence-corrected chi connectivity index (χ4v) is 4.31. The van der Waals surface area contributed by atoms with Gasteiger partial charge in [-0.3, -0.25) is 4.99 Å². The SMILES string of the molecule is CN=C(NCc1cc(Cl)c(Cl)n1C)NC1C2CCOC2C1(C)C. The minimum atomic E-state index is 0.121. The van der Waals surface area contributed by atoms with Crippen molar-refractivity contribution in [2.24, 2.45) is 23.4 Å². The van der Waals surface area contributed by atoms with Gasteiger partial charge < -0.3 is 19.9 Å². The van der Waals surface area contributed by atoms with Crippen LogP contribution in [0, 0.1) is 11.3 Å². The number of aliphatic imine (C=N–C) groups is 1.